The van der Waals surface area contributed by atoms with Gasteiger partial charge in [-0.05, 0) is 0 Å². The molecule has 0 fully saturated rings. The Morgan fingerprint density at radius 1 is 1.00 bits per heavy atom. The third kappa shape index (κ3) is 9.22. The van der Waals surface area contributed by atoms with Crippen LogP contribution in [0.3, 0.4) is 0 Å². The molecule has 4 heavy (non-hydrogen) atoms. The van der Waals surface area contributed by atoms with E-state index < -0.39 is 0 Å². The van der Waals surface area contributed by atoms with Crippen molar-refractivity contribution in [3.63, 3.8) is 0 Å². The molecule has 0 aromatic rings. The van der Waals surface area contributed by atoms with Crippen molar-refractivity contribution in [3.8, 4) is 0 Å². The monoisotopic (exact) mass is 82.0 g/mol. The van der Waals surface area contributed by atoms with E-state index in [9.17, 15) is 0 Å². The van der Waals surface area contributed by atoms with Crippen molar-refractivity contribution < 1.29 is 31.2 Å². The third-order valence-corrected chi connectivity index (χ3v) is 0. The van der Waals surface area contributed by atoms with Gasteiger partial charge in [0.05, 0.1) is 0 Å². The van der Waals surface area contributed by atoms with Crippen LogP contribution in [0.4, 0.5) is 0 Å². The molecule has 0 aliphatic rings. The first-order valence-electron chi connectivity index (χ1n) is 0. The van der Waals surface area contributed by atoms with Crippen LogP contribution in [0.15, 0.2) is 0 Å². The quantitative estimate of drug-likeness (QED) is 0.283. The molecule has 0 bridgehead atoms. The maximum atomic E-state index is 0. The first-order valence-corrected chi connectivity index (χ1v) is 0. The first-order chi connectivity index (χ1) is 0. The van der Waals surface area contributed by atoms with E-state index in [2.05, 4.69) is 0 Å². The molecule has 0 aromatic carbocycles. The van der Waals surface area contributed by atoms with Gasteiger partial charge in [-0.3, -0.25) is 0 Å². The summed E-state index contributed by atoms with van der Waals surface area (Å²) >= 11 is 0. The Morgan fingerprint density at radius 2 is 1.00 bits per heavy atom. The van der Waals surface area contributed by atoms with E-state index in [0.29, 0.717) is 0 Å². The van der Waals surface area contributed by atoms with Crippen molar-refractivity contribution in [1.29, 1.82) is 0 Å². The van der Waals surface area contributed by atoms with Gasteiger partial charge in [0.25, 0.3) is 0 Å². The van der Waals surface area contributed by atoms with Crippen LogP contribution in [-0.4, -0.2) is 48.7 Å². The van der Waals surface area contributed by atoms with Crippen molar-refractivity contribution >= 4 is 37.7 Å². The van der Waals surface area contributed by atoms with Gasteiger partial charge in [0.2, 0.25) is 0 Å². The molecule has 0 rings (SSSR count). The summed E-state index contributed by atoms with van der Waals surface area (Å²) in [5.41, 5.74) is 0. The van der Waals surface area contributed by atoms with Gasteiger partial charge in [0.15, 0.2) is 0 Å². The van der Waals surface area contributed by atoms with Crippen LogP contribution in [0.2, 0.25) is 0 Å². The van der Waals surface area contributed by atoms with Crippen molar-refractivity contribution in [2.75, 3.05) is 0 Å². The van der Waals surface area contributed by atoms with Crippen molar-refractivity contribution in [1.82, 2.24) is 0 Å². The van der Waals surface area contributed by atoms with Gasteiger partial charge in [-0.1, -0.05) is 0 Å². The van der Waals surface area contributed by atoms with Crippen molar-refractivity contribution in [2.45, 2.75) is 0 Å². The number of hydrogen-bond acceptors (Lipinski definition) is 2. The Hall–Kier alpha value is 1.78. The topological polar surface area (TPSA) is 60.0 Å². The van der Waals surface area contributed by atoms with E-state index >= 15 is 0 Å². The minimum Gasteiger partial charge on any atom is -1.00 e. The molecule has 2 nitrogen and oxygen atoms in total. The minimum absolute atomic E-state index is 0. The average molecular weight is 82.0 g/mol. The predicted octanol–water partition coefficient (Wildman–Crippen LogP) is -3.62. The normalized spacial score (nSPS) is 0. The van der Waals surface area contributed by atoms with Crippen molar-refractivity contribution in [3.05, 3.63) is 0 Å². The van der Waals surface area contributed by atoms with Gasteiger partial charge >= 0.3 is 56.6 Å². The summed E-state index contributed by atoms with van der Waals surface area (Å²) in [5.74, 6) is 0. The maximum Gasteiger partial charge on any atom is 2.00 e. The summed E-state index contributed by atoms with van der Waals surface area (Å²) in [4.78, 5) is 0. The van der Waals surface area contributed by atoms with E-state index in [1.54, 1.807) is 0 Å². The molecule has 0 radical (unpaired) electrons. The zero-order valence-electron chi connectivity index (χ0n) is 3.60. The van der Waals surface area contributed by atoms with Gasteiger partial charge in [-0.25, -0.2) is 0 Å². The smallest absolute Gasteiger partial charge is 1.00 e. The van der Waals surface area contributed by atoms with Crippen molar-refractivity contribution in [2.24, 2.45) is 0 Å². The molecule has 0 aliphatic heterocycles. The molecular formula is H3CaLiO2. The van der Waals surface area contributed by atoms with E-state index in [1.807, 2.05) is 0 Å². The summed E-state index contributed by atoms with van der Waals surface area (Å²) in [7, 11) is 0. The van der Waals surface area contributed by atoms with Gasteiger partial charge < -0.3 is 12.4 Å². The molecule has 18 valence electrons. The molecule has 0 aromatic heterocycles. The molecular weight excluding hydrogens is 79.0 g/mol. The molecule has 4 heteroatoms. The van der Waals surface area contributed by atoms with Crippen LogP contribution >= 0.6 is 0 Å². The van der Waals surface area contributed by atoms with Gasteiger partial charge in [0.1, 0.15) is 0 Å². The number of rotatable bonds is 0. The molecule has 0 aliphatic carbocycles. The molecule has 0 unspecified atom stereocenters. The van der Waals surface area contributed by atoms with Crippen LogP contribution in [0.5, 0.6) is 0 Å². The Bertz CT molecular complexity index is 9.61. The standard InChI is InChI=1S/Ca.Li.2H2O.H/h;;2*1H2;/q+2;+1;;;-1/p-2. The maximum absolute atomic E-state index is 0. The Labute approximate surface area is 68.2 Å². The van der Waals surface area contributed by atoms with Crippen LogP contribution in [0, 0.1) is 0 Å². The van der Waals surface area contributed by atoms with Crippen LogP contribution < -0.4 is 18.9 Å². The van der Waals surface area contributed by atoms with Gasteiger partial charge in [-0.2, -0.15) is 0 Å². The molecule has 0 heterocycles. The van der Waals surface area contributed by atoms with Crippen LogP contribution in [-0.2, 0) is 0 Å². The van der Waals surface area contributed by atoms with Gasteiger partial charge in [0, 0.05) is 0 Å². The fourth-order valence-corrected chi connectivity index (χ4v) is 0. The zero-order valence-corrected chi connectivity index (χ0v) is 4.81. The van der Waals surface area contributed by atoms with E-state index in [4.69, 9.17) is 0 Å². The second-order valence-corrected chi connectivity index (χ2v) is 0. The van der Waals surface area contributed by atoms with Gasteiger partial charge in [-0.15, -0.1) is 0 Å². The van der Waals surface area contributed by atoms with Crippen LogP contribution in [0.1, 0.15) is 1.43 Å². The molecule has 0 saturated carbocycles. The Balaban J connectivity index is 0. The van der Waals surface area contributed by atoms with E-state index in [1.165, 1.54) is 0 Å². The SMILES string of the molecule is [Ca+2].[H-].[Li+].[OH-].[OH-]. The fourth-order valence-electron chi connectivity index (χ4n) is 0. The third-order valence-electron chi connectivity index (χ3n) is 0. The fraction of sp³-hybridized carbons (Fsp3) is 0. The summed E-state index contributed by atoms with van der Waals surface area (Å²) in [5, 5.41) is 0. The summed E-state index contributed by atoms with van der Waals surface area (Å²) in [6.07, 6.45) is 0. The second kappa shape index (κ2) is 21.6. The molecule has 0 spiro atoms. The zero-order chi connectivity index (χ0) is 0. The summed E-state index contributed by atoms with van der Waals surface area (Å²) < 4.78 is 0. The predicted molar refractivity (Wildman–Crippen MR) is 10.7 cm³/mol. The van der Waals surface area contributed by atoms with E-state index in [0.717, 1.165) is 0 Å². The number of hydrogen-bond donors (Lipinski definition) is 0. The summed E-state index contributed by atoms with van der Waals surface area (Å²) in [6, 6.07) is 0. The molecule has 2 N–H and O–H groups in total. The average Bonchev–Trinajstić information content (AvgIpc) is 0. The Kier molecular flexibility index (Phi) is 225. The molecule has 0 amide bonds. The second-order valence-electron chi connectivity index (χ2n) is 0. The molecule has 0 atom stereocenters. The Morgan fingerprint density at radius 3 is 1.00 bits per heavy atom. The largest absolute Gasteiger partial charge is 2.00 e. The van der Waals surface area contributed by atoms with Crippen LogP contribution in [0.25, 0.3) is 0 Å². The van der Waals surface area contributed by atoms with E-state index in [-0.39, 0.29) is 69.0 Å². The minimum atomic E-state index is 0. The summed E-state index contributed by atoms with van der Waals surface area (Å²) in [6.45, 7) is 0. The first kappa shape index (κ1) is 41.7. The molecule has 0 saturated heterocycles.